The molecule has 2 aliphatic rings. The normalized spacial score (nSPS) is 14.4. The topological polar surface area (TPSA) is 4.93 Å². The van der Waals surface area contributed by atoms with Gasteiger partial charge < -0.3 is 0 Å². The van der Waals surface area contributed by atoms with E-state index in [4.69, 9.17) is 0 Å². The second-order valence-electron chi connectivity index (χ2n) is 12.3. The van der Waals surface area contributed by atoms with Crippen LogP contribution in [0.3, 0.4) is 0 Å². The van der Waals surface area contributed by atoms with E-state index in [0.717, 1.165) is 0 Å². The van der Waals surface area contributed by atoms with E-state index in [-0.39, 0.29) is 10.8 Å². The van der Waals surface area contributed by atoms with Crippen LogP contribution in [0.1, 0.15) is 52.7 Å². The number of hydrogen-bond donors (Lipinski definition) is 0. The first-order valence-electron chi connectivity index (χ1n) is 12.7. The van der Waals surface area contributed by atoms with E-state index < -0.39 is 0 Å². The Balaban J connectivity index is 1.70. The molecule has 1 nitrogen and oxygen atoms in total. The van der Waals surface area contributed by atoms with Crippen molar-refractivity contribution in [1.82, 2.24) is 4.57 Å². The maximum absolute atomic E-state index is 2.58. The number of rotatable bonds is 0. The molecule has 0 radical (unpaired) electrons. The SMILES string of the molecule is CC(C)(C)c1ccc2c(c1)c1cc(C(C)(C)C)cc3c1n2-c1cccc2c1B3c1ccccc1[Se]2. The van der Waals surface area contributed by atoms with Crippen LogP contribution >= 0.6 is 0 Å². The molecular formula is C32H30BNSe. The molecule has 0 amide bonds. The fourth-order valence-electron chi connectivity index (χ4n) is 6.06. The van der Waals surface area contributed by atoms with Gasteiger partial charge in [0, 0.05) is 0 Å². The zero-order valence-electron chi connectivity index (χ0n) is 21.4. The number of aromatic nitrogens is 1. The molecule has 3 heterocycles. The van der Waals surface area contributed by atoms with E-state index in [1.807, 2.05) is 0 Å². The van der Waals surface area contributed by atoms with Crippen molar-refractivity contribution >= 4 is 68.8 Å². The molecule has 0 fully saturated rings. The Morgan fingerprint density at radius 1 is 0.657 bits per heavy atom. The van der Waals surface area contributed by atoms with E-state index in [1.54, 1.807) is 0 Å². The first kappa shape index (κ1) is 21.5. The van der Waals surface area contributed by atoms with E-state index in [9.17, 15) is 0 Å². The molecule has 0 aliphatic carbocycles. The van der Waals surface area contributed by atoms with Crippen LogP contribution in [0.15, 0.2) is 72.8 Å². The molecule has 3 heteroatoms. The van der Waals surface area contributed by atoms with Crippen LogP contribution in [0.4, 0.5) is 0 Å². The van der Waals surface area contributed by atoms with Crippen molar-refractivity contribution in [3.63, 3.8) is 0 Å². The summed E-state index contributed by atoms with van der Waals surface area (Å²) < 4.78 is 5.65. The number of benzene rings is 4. The van der Waals surface area contributed by atoms with Gasteiger partial charge in [0.25, 0.3) is 0 Å². The molecule has 4 aromatic carbocycles. The van der Waals surface area contributed by atoms with Crippen LogP contribution in [0.2, 0.25) is 0 Å². The van der Waals surface area contributed by atoms with Crippen molar-refractivity contribution in [2.45, 2.75) is 52.4 Å². The molecule has 0 saturated heterocycles. The van der Waals surface area contributed by atoms with E-state index >= 15 is 0 Å². The molecule has 0 unspecified atom stereocenters. The monoisotopic (exact) mass is 519 g/mol. The molecule has 0 spiro atoms. The summed E-state index contributed by atoms with van der Waals surface area (Å²) in [6.07, 6.45) is 0. The Morgan fingerprint density at radius 2 is 1.37 bits per heavy atom. The zero-order chi connectivity index (χ0) is 24.3. The van der Waals surface area contributed by atoms with Crippen LogP contribution in [0.25, 0.3) is 27.5 Å². The van der Waals surface area contributed by atoms with Gasteiger partial charge >= 0.3 is 215 Å². The summed E-state index contributed by atoms with van der Waals surface area (Å²) in [5.41, 5.74) is 11.6. The second-order valence-corrected chi connectivity index (χ2v) is 14.6. The minimum atomic E-state index is 0.0820. The predicted molar refractivity (Wildman–Crippen MR) is 154 cm³/mol. The predicted octanol–water partition coefficient (Wildman–Crippen LogP) is 4.18. The van der Waals surface area contributed by atoms with Crippen molar-refractivity contribution in [2.24, 2.45) is 0 Å². The molecular weight excluding hydrogens is 488 g/mol. The van der Waals surface area contributed by atoms with E-state index in [0.29, 0.717) is 21.7 Å². The van der Waals surface area contributed by atoms with Gasteiger partial charge in [0.1, 0.15) is 0 Å². The molecule has 0 saturated carbocycles. The van der Waals surface area contributed by atoms with Crippen LogP contribution in [0, 0.1) is 0 Å². The third-order valence-electron chi connectivity index (χ3n) is 7.96. The van der Waals surface area contributed by atoms with Crippen molar-refractivity contribution in [1.29, 1.82) is 0 Å². The molecule has 0 bridgehead atoms. The van der Waals surface area contributed by atoms with Gasteiger partial charge in [0.15, 0.2) is 0 Å². The molecule has 35 heavy (non-hydrogen) atoms. The quantitative estimate of drug-likeness (QED) is 0.266. The van der Waals surface area contributed by atoms with E-state index in [2.05, 4.69) is 119 Å². The van der Waals surface area contributed by atoms with Gasteiger partial charge in [-0.3, -0.25) is 0 Å². The molecule has 172 valence electrons. The molecule has 2 aliphatic heterocycles. The first-order chi connectivity index (χ1) is 16.6. The van der Waals surface area contributed by atoms with Crippen LogP contribution in [-0.4, -0.2) is 26.2 Å². The average Bonchev–Trinajstić information content (AvgIpc) is 3.14. The van der Waals surface area contributed by atoms with Crippen LogP contribution < -0.4 is 25.3 Å². The van der Waals surface area contributed by atoms with Gasteiger partial charge in [-0.2, -0.15) is 0 Å². The molecule has 7 rings (SSSR count). The summed E-state index contributed by atoms with van der Waals surface area (Å²) >= 11 is 0.332. The number of fused-ring (bicyclic) bond motifs is 7. The summed E-state index contributed by atoms with van der Waals surface area (Å²) in [5, 5.41) is 2.79. The average molecular weight is 518 g/mol. The fourth-order valence-corrected chi connectivity index (χ4v) is 8.51. The van der Waals surface area contributed by atoms with Gasteiger partial charge in [-0.25, -0.2) is 0 Å². The zero-order valence-corrected chi connectivity index (χ0v) is 23.1. The number of nitrogens with zero attached hydrogens (tertiary/aromatic N) is 1. The Kier molecular flexibility index (Phi) is 4.27. The summed E-state index contributed by atoms with van der Waals surface area (Å²) in [5.74, 6) is 0. The molecule has 0 N–H and O–H groups in total. The molecule has 0 atom stereocenters. The second kappa shape index (κ2) is 6.93. The molecule has 1 aromatic heterocycles. The first-order valence-corrected chi connectivity index (χ1v) is 14.4. The van der Waals surface area contributed by atoms with Crippen molar-refractivity contribution in [2.75, 3.05) is 0 Å². The van der Waals surface area contributed by atoms with Gasteiger partial charge in [-0.05, 0) is 0 Å². The van der Waals surface area contributed by atoms with Crippen molar-refractivity contribution < 1.29 is 0 Å². The van der Waals surface area contributed by atoms with Gasteiger partial charge in [0.05, 0.1) is 0 Å². The maximum atomic E-state index is 2.58. The summed E-state index contributed by atoms with van der Waals surface area (Å²) in [6.45, 7) is 14.3. The summed E-state index contributed by atoms with van der Waals surface area (Å²) in [6, 6.07) is 28.4. The Hall–Kier alpha value is -2.74. The summed E-state index contributed by atoms with van der Waals surface area (Å²) in [4.78, 5) is 0. The van der Waals surface area contributed by atoms with E-state index in [1.165, 1.54) is 63.9 Å². The third-order valence-corrected chi connectivity index (χ3v) is 10.4. The number of hydrogen-bond acceptors (Lipinski definition) is 0. The molecule has 5 aromatic rings. The minimum absolute atomic E-state index is 0.0820. The third kappa shape index (κ3) is 2.95. The fraction of sp³-hybridized carbons (Fsp3) is 0.250. The Bertz CT molecular complexity index is 1690. The summed E-state index contributed by atoms with van der Waals surface area (Å²) in [7, 11) is 0. The Morgan fingerprint density at radius 3 is 2.14 bits per heavy atom. The van der Waals surface area contributed by atoms with Crippen molar-refractivity contribution in [3.8, 4) is 5.69 Å². The van der Waals surface area contributed by atoms with Crippen LogP contribution in [0.5, 0.6) is 0 Å². The van der Waals surface area contributed by atoms with Gasteiger partial charge in [-0.1, -0.05) is 0 Å². The van der Waals surface area contributed by atoms with Crippen LogP contribution in [-0.2, 0) is 10.8 Å². The van der Waals surface area contributed by atoms with Crippen molar-refractivity contribution in [3.05, 3.63) is 83.9 Å². The van der Waals surface area contributed by atoms with Gasteiger partial charge in [0.2, 0.25) is 0 Å². The van der Waals surface area contributed by atoms with Gasteiger partial charge in [-0.15, -0.1) is 0 Å². The standard InChI is InChI=1S/C32H30BNSe/c1-31(2,3)19-14-15-25-21(16-19)22-17-20(32(4,5)6)18-24-30(22)34(25)26-11-9-13-28-29(26)33(24)23-10-7-8-12-27(23)35-28/h7-18H,1-6H3. The Labute approximate surface area is 214 Å².